The van der Waals surface area contributed by atoms with Gasteiger partial charge in [0.15, 0.2) is 5.17 Å². The normalized spacial score (nSPS) is 18.4. The number of nitrogens with zero attached hydrogens (tertiary/aromatic N) is 3. The van der Waals surface area contributed by atoms with Gasteiger partial charge >= 0.3 is 0 Å². The molecule has 4 nitrogen and oxygen atoms in total. The van der Waals surface area contributed by atoms with Gasteiger partial charge in [-0.2, -0.15) is 5.10 Å². The van der Waals surface area contributed by atoms with Gasteiger partial charge in [0.25, 0.3) is 0 Å². The number of fused-ring (bicyclic) bond motifs is 1. The Labute approximate surface area is 175 Å². The summed E-state index contributed by atoms with van der Waals surface area (Å²) in [6, 6.07) is 22.5. The Morgan fingerprint density at radius 2 is 1.79 bits per heavy atom. The fourth-order valence-electron chi connectivity index (χ4n) is 3.45. The average molecular weight is 402 g/mol. The maximum atomic E-state index is 12.8. The zero-order valence-corrected chi connectivity index (χ0v) is 17.4. The van der Waals surface area contributed by atoms with E-state index < -0.39 is 0 Å². The van der Waals surface area contributed by atoms with Crippen LogP contribution in [0.5, 0.6) is 0 Å². The number of thioether (sulfide) groups is 1. The lowest BCUT2D eigenvalue weighted by Crippen LogP contribution is -2.31. The first-order valence-corrected chi connectivity index (χ1v) is 10.7. The van der Waals surface area contributed by atoms with Crippen molar-refractivity contribution in [2.24, 2.45) is 10.2 Å². The van der Waals surface area contributed by atoms with Crippen molar-refractivity contribution < 1.29 is 4.79 Å². The van der Waals surface area contributed by atoms with E-state index in [2.05, 4.69) is 47.5 Å². The van der Waals surface area contributed by atoms with Crippen LogP contribution in [0.25, 0.3) is 10.8 Å². The average Bonchev–Trinajstić information content (AvgIpc) is 3.04. The molecule has 5 heteroatoms. The van der Waals surface area contributed by atoms with Crippen molar-refractivity contribution in [1.29, 1.82) is 0 Å². The van der Waals surface area contributed by atoms with Crippen LogP contribution in [-0.2, 0) is 11.3 Å². The van der Waals surface area contributed by atoms with E-state index in [0.29, 0.717) is 11.7 Å². The van der Waals surface area contributed by atoms with Crippen LogP contribution in [0.15, 0.2) is 76.9 Å². The van der Waals surface area contributed by atoms with Crippen molar-refractivity contribution in [2.75, 3.05) is 0 Å². The highest BCUT2D eigenvalue weighted by molar-refractivity contribution is 8.15. The van der Waals surface area contributed by atoms with E-state index in [4.69, 9.17) is 0 Å². The second-order valence-electron chi connectivity index (χ2n) is 7.06. The van der Waals surface area contributed by atoms with Crippen molar-refractivity contribution in [1.82, 2.24) is 4.90 Å². The van der Waals surface area contributed by atoms with Crippen LogP contribution in [0.4, 0.5) is 0 Å². The van der Waals surface area contributed by atoms with Crippen LogP contribution in [0.2, 0.25) is 0 Å². The summed E-state index contributed by atoms with van der Waals surface area (Å²) in [5.41, 5.74) is 3.31. The molecule has 4 rings (SSSR count). The van der Waals surface area contributed by atoms with Crippen molar-refractivity contribution in [3.05, 3.63) is 83.4 Å². The molecule has 3 aromatic carbocycles. The molecule has 1 atom stereocenters. The molecule has 1 unspecified atom stereocenters. The Hall–Kier alpha value is -2.92. The van der Waals surface area contributed by atoms with Gasteiger partial charge < -0.3 is 0 Å². The van der Waals surface area contributed by atoms with Crippen LogP contribution in [0, 0.1) is 6.92 Å². The van der Waals surface area contributed by atoms with Gasteiger partial charge in [-0.05, 0) is 35.2 Å². The highest BCUT2D eigenvalue weighted by Gasteiger charge is 2.37. The van der Waals surface area contributed by atoms with E-state index in [1.165, 1.54) is 22.7 Å². The van der Waals surface area contributed by atoms with Crippen LogP contribution >= 0.6 is 11.8 Å². The lowest BCUT2D eigenvalue weighted by molar-refractivity contribution is -0.126. The Kier molecular flexibility index (Phi) is 5.76. The van der Waals surface area contributed by atoms with Gasteiger partial charge in [-0.25, -0.2) is 0 Å². The molecule has 3 aromatic rings. The first-order chi connectivity index (χ1) is 14.2. The van der Waals surface area contributed by atoms with Crippen LogP contribution in [-0.4, -0.2) is 27.4 Å². The summed E-state index contributed by atoms with van der Waals surface area (Å²) in [6.07, 6.45) is 2.55. The number of amides is 1. The number of carbonyl (C=O) groups excluding carboxylic acids is 1. The first-order valence-electron chi connectivity index (χ1n) is 9.78. The highest BCUT2D eigenvalue weighted by atomic mass is 32.2. The number of hydrogen-bond donors (Lipinski definition) is 0. The predicted molar refractivity (Wildman–Crippen MR) is 122 cm³/mol. The predicted octanol–water partition coefficient (Wildman–Crippen LogP) is 5.39. The molecule has 0 N–H and O–H groups in total. The summed E-state index contributed by atoms with van der Waals surface area (Å²) in [7, 11) is 0. The Balaban J connectivity index is 1.62. The van der Waals surface area contributed by atoms with Gasteiger partial charge in [0.1, 0.15) is 0 Å². The minimum atomic E-state index is -0.0921. The SMILES string of the molecule is CCC1S/C(=N/N=C/c2cccc3ccccc23)N(Cc2ccccc2C)C1=O. The quantitative estimate of drug-likeness (QED) is 0.425. The minimum absolute atomic E-state index is 0.0921. The molecule has 1 fully saturated rings. The molecule has 1 amide bonds. The molecule has 146 valence electrons. The third kappa shape index (κ3) is 4.10. The molecule has 0 spiro atoms. The fraction of sp³-hybridized carbons (Fsp3) is 0.208. The van der Waals surface area contributed by atoms with Crippen molar-refractivity contribution >= 4 is 39.8 Å². The van der Waals surface area contributed by atoms with Crippen LogP contribution in [0.1, 0.15) is 30.0 Å². The minimum Gasteiger partial charge on any atom is -0.284 e. The van der Waals surface area contributed by atoms with Crippen molar-refractivity contribution in [3.63, 3.8) is 0 Å². The maximum absolute atomic E-state index is 12.8. The van der Waals surface area contributed by atoms with E-state index in [0.717, 1.165) is 22.9 Å². The zero-order valence-electron chi connectivity index (χ0n) is 16.6. The van der Waals surface area contributed by atoms with Gasteiger partial charge in [-0.15, -0.1) is 5.10 Å². The summed E-state index contributed by atoms with van der Waals surface area (Å²) in [5.74, 6) is 0.111. The number of aryl methyl sites for hydroxylation is 1. The number of benzene rings is 3. The highest BCUT2D eigenvalue weighted by Crippen LogP contribution is 2.31. The lowest BCUT2D eigenvalue weighted by Gasteiger charge is -2.17. The molecule has 1 aliphatic rings. The van der Waals surface area contributed by atoms with E-state index in [9.17, 15) is 4.79 Å². The molecule has 1 heterocycles. The van der Waals surface area contributed by atoms with Crippen LogP contribution in [0.3, 0.4) is 0 Å². The second-order valence-corrected chi connectivity index (χ2v) is 8.23. The number of hydrogen-bond acceptors (Lipinski definition) is 4. The molecular weight excluding hydrogens is 378 g/mol. The van der Waals surface area contributed by atoms with E-state index in [-0.39, 0.29) is 11.2 Å². The molecule has 0 bridgehead atoms. The number of rotatable bonds is 5. The molecule has 1 saturated heterocycles. The summed E-state index contributed by atoms with van der Waals surface area (Å²) >= 11 is 1.50. The zero-order chi connectivity index (χ0) is 20.2. The molecule has 29 heavy (non-hydrogen) atoms. The molecule has 0 aromatic heterocycles. The largest absolute Gasteiger partial charge is 0.284 e. The molecular formula is C24H23N3OS. The number of amidine groups is 1. The van der Waals surface area contributed by atoms with Crippen LogP contribution < -0.4 is 0 Å². The first kappa shape index (κ1) is 19.4. The Bertz CT molecular complexity index is 1100. The third-order valence-electron chi connectivity index (χ3n) is 5.14. The smallest absolute Gasteiger partial charge is 0.242 e. The van der Waals surface area contributed by atoms with E-state index >= 15 is 0 Å². The molecule has 1 aliphatic heterocycles. The topological polar surface area (TPSA) is 45.0 Å². The van der Waals surface area contributed by atoms with Crippen molar-refractivity contribution in [3.8, 4) is 0 Å². The Morgan fingerprint density at radius 1 is 1.03 bits per heavy atom. The monoisotopic (exact) mass is 401 g/mol. The standard InChI is InChI=1S/C24H23N3OS/c1-3-22-23(28)27(16-20-11-5-4-9-17(20)2)24(29-22)26-25-15-19-13-8-12-18-10-6-7-14-21(18)19/h4-15,22H,3,16H2,1-2H3/b25-15+,26-24+. The summed E-state index contributed by atoms with van der Waals surface area (Å²) in [4.78, 5) is 14.6. The molecule has 0 radical (unpaired) electrons. The number of carbonyl (C=O) groups is 1. The maximum Gasteiger partial charge on any atom is 0.242 e. The second kappa shape index (κ2) is 8.62. The third-order valence-corrected chi connectivity index (χ3v) is 6.48. The summed E-state index contributed by atoms with van der Waals surface area (Å²) in [6.45, 7) is 4.62. The van der Waals surface area contributed by atoms with Crippen molar-refractivity contribution in [2.45, 2.75) is 32.1 Å². The molecule has 0 saturated carbocycles. The fourth-order valence-corrected chi connectivity index (χ4v) is 4.48. The van der Waals surface area contributed by atoms with E-state index in [1.54, 1.807) is 11.1 Å². The summed E-state index contributed by atoms with van der Waals surface area (Å²) < 4.78 is 0. The van der Waals surface area contributed by atoms with E-state index in [1.807, 2.05) is 43.3 Å². The lowest BCUT2D eigenvalue weighted by atomic mass is 10.1. The molecule has 0 aliphatic carbocycles. The van der Waals surface area contributed by atoms with Gasteiger partial charge in [0, 0.05) is 5.56 Å². The van der Waals surface area contributed by atoms with Gasteiger partial charge in [-0.3, -0.25) is 9.69 Å². The van der Waals surface area contributed by atoms with Gasteiger partial charge in [0.05, 0.1) is 18.0 Å². The Morgan fingerprint density at radius 3 is 2.62 bits per heavy atom. The van der Waals surface area contributed by atoms with Gasteiger partial charge in [-0.1, -0.05) is 85.4 Å². The summed E-state index contributed by atoms with van der Waals surface area (Å²) in [5, 5.41) is 11.7. The van der Waals surface area contributed by atoms with Gasteiger partial charge in [0.2, 0.25) is 5.91 Å².